The Morgan fingerprint density at radius 3 is 2.09 bits per heavy atom. The number of piperazine rings is 1. The molecule has 1 fully saturated rings. The topological polar surface area (TPSA) is 73.2 Å². The molecule has 0 atom stereocenters. The van der Waals surface area contributed by atoms with E-state index in [9.17, 15) is 14.4 Å². The van der Waals surface area contributed by atoms with Crippen LogP contribution >= 0.6 is 0 Å². The van der Waals surface area contributed by atoms with Crippen LogP contribution in [0.15, 0.2) is 54.6 Å². The Kier molecular flexibility index (Phi) is 7.78. The summed E-state index contributed by atoms with van der Waals surface area (Å²) in [5, 5.41) is 2.44. The van der Waals surface area contributed by atoms with E-state index < -0.39 is 0 Å². The molecule has 0 aromatic heterocycles. The summed E-state index contributed by atoms with van der Waals surface area (Å²) in [5.74, 6) is 1.79. The molecule has 10 rings (SSSR count). The van der Waals surface area contributed by atoms with Crippen molar-refractivity contribution >= 4 is 29.4 Å². The van der Waals surface area contributed by atoms with Crippen LogP contribution in [0.1, 0.15) is 95.7 Å². The minimum absolute atomic E-state index is 0.00928. The van der Waals surface area contributed by atoms with Gasteiger partial charge in [0.15, 0.2) is 6.29 Å². The van der Waals surface area contributed by atoms with Crippen LogP contribution in [0.5, 0.6) is 11.5 Å². The maximum atomic E-state index is 14.0. The molecule has 0 spiro atoms. The number of rotatable bonds is 4. The first-order chi connectivity index (χ1) is 26.0. The largest absolute Gasteiger partial charge is 0.455 e. The lowest BCUT2D eigenvalue weighted by Gasteiger charge is -2.39. The van der Waals surface area contributed by atoms with Crippen molar-refractivity contribution in [1.82, 2.24) is 14.4 Å². The summed E-state index contributed by atoms with van der Waals surface area (Å²) in [6.45, 7) is 8.18. The molecule has 0 bridgehead atoms. The quantitative estimate of drug-likeness (QED) is 0.198. The third-order valence-corrected chi connectivity index (χ3v) is 12.5. The number of carbonyl (C=O) groups is 3. The van der Waals surface area contributed by atoms with E-state index in [-0.39, 0.29) is 11.8 Å². The first kappa shape index (κ1) is 32.4. The van der Waals surface area contributed by atoms with Crippen LogP contribution < -0.4 is 24.8 Å². The number of hydrogen-bond acceptors (Lipinski definition) is 5. The fourth-order valence-corrected chi connectivity index (χ4v) is 10.00. The predicted molar refractivity (Wildman–Crippen MR) is 205 cm³/mol. The van der Waals surface area contributed by atoms with Crippen LogP contribution in [0.2, 0.25) is 0 Å². The van der Waals surface area contributed by atoms with Gasteiger partial charge in [-0.2, -0.15) is 0 Å². The zero-order valence-corrected chi connectivity index (χ0v) is 30.5. The number of ether oxygens (including phenoxy) is 1. The van der Waals surface area contributed by atoms with E-state index in [4.69, 9.17) is 4.74 Å². The predicted octanol–water partition coefficient (Wildman–Crippen LogP) is 4.84. The van der Waals surface area contributed by atoms with E-state index in [1.54, 1.807) is 11.0 Å². The number of hydrogen-bond donors (Lipinski definition) is 0. The van der Waals surface area contributed by atoms with Crippen LogP contribution in [0, 0.1) is 6.92 Å². The summed E-state index contributed by atoms with van der Waals surface area (Å²) < 4.78 is 9.75. The molecule has 8 nitrogen and oxygen atoms in total. The van der Waals surface area contributed by atoms with Gasteiger partial charge in [-0.15, -0.1) is 0 Å². The van der Waals surface area contributed by atoms with Crippen molar-refractivity contribution < 1.29 is 19.1 Å². The second kappa shape index (κ2) is 12.7. The van der Waals surface area contributed by atoms with E-state index in [2.05, 4.69) is 21.6 Å². The smallest absolute Gasteiger partial charge is 0.253 e. The molecule has 268 valence electrons. The minimum atomic E-state index is -0.114. The average molecular weight is 706 g/mol. The Labute approximate surface area is 310 Å². The molecule has 4 aromatic rings. The highest BCUT2D eigenvalue weighted by Gasteiger charge is 2.36. The van der Waals surface area contributed by atoms with Gasteiger partial charge < -0.3 is 19.4 Å². The van der Waals surface area contributed by atoms with Crippen LogP contribution in [-0.4, -0.2) is 80.3 Å². The molecule has 2 amide bonds. The van der Waals surface area contributed by atoms with Crippen molar-refractivity contribution in [2.24, 2.45) is 0 Å². The number of aldehydes is 1. The highest BCUT2D eigenvalue weighted by atomic mass is 16.5. The van der Waals surface area contributed by atoms with Gasteiger partial charge in [-0.25, -0.2) is 4.58 Å². The zero-order valence-electron chi connectivity index (χ0n) is 30.5. The number of benzene rings is 4. The Balaban J connectivity index is 1.06. The fourth-order valence-electron chi connectivity index (χ4n) is 10.00. The summed E-state index contributed by atoms with van der Waals surface area (Å²) in [7, 11) is 0. The number of fused-ring (bicyclic) bond motifs is 4. The first-order valence-electron chi connectivity index (χ1n) is 19.6. The fraction of sp³-hybridized carbons (Fsp3) is 0.378. The monoisotopic (exact) mass is 705 g/mol. The van der Waals surface area contributed by atoms with Gasteiger partial charge in [0.05, 0.1) is 5.56 Å². The van der Waals surface area contributed by atoms with Crippen LogP contribution in [0.3, 0.4) is 0 Å². The van der Waals surface area contributed by atoms with Crippen molar-refractivity contribution in [3.8, 4) is 11.5 Å². The van der Waals surface area contributed by atoms with Crippen molar-refractivity contribution in [2.45, 2.75) is 58.3 Å². The zero-order chi connectivity index (χ0) is 35.8. The summed E-state index contributed by atoms with van der Waals surface area (Å²) in [6.07, 6.45) is 9.42. The normalized spacial score (nSPS) is 18.4. The van der Waals surface area contributed by atoms with Crippen molar-refractivity contribution in [2.75, 3.05) is 57.3 Å². The Morgan fingerprint density at radius 1 is 0.679 bits per heavy atom. The third-order valence-electron chi connectivity index (χ3n) is 12.5. The van der Waals surface area contributed by atoms with Crippen molar-refractivity contribution in [3.63, 3.8) is 0 Å². The van der Waals surface area contributed by atoms with E-state index in [0.717, 1.165) is 123 Å². The van der Waals surface area contributed by atoms with Crippen LogP contribution in [-0.2, 0) is 25.7 Å². The lowest BCUT2D eigenvalue weighted by atomic mass is 9.81. The molecule has 1 saturated heterocycles. The van der Waals surface area contributed by atoms with Gasteiger partial charge in [-0.1, -0.05) is 23.8 Å². The van der Waals surface area contributed by atoms with Gasteiger partial charge in [0.25, 0.3) is 11.8 Å². The molecule has 53 heavy (non-hydrogen) atoms. The Morgan fingerprint density at radius 2 is 1.34 bits per heavy atom. The maximum absolute atomic E-state index is 14.0. The molecule has 0 unspecified atom stereocenters. The number of nitrogens with zero attached hydrogens (tertiary/aromatic N) is 4. The highest BCUT2D eigenvalue weighted by molar-refractivity contribution is 6.00. The molecule has 6 aliphatic rings. The molecule has 0 radical (unpaired) electrons. The van der Waals surface area contributed by atoms with E-state index >= 15 is 0 Å². The first-order valence-corrected chi connectivity index (χ1v) is 19.6. The third kappa shape index (κ3) is 5.24. The van der Waals surface area contributed by atoms with Crippen LogP contribution in [0.25, 0.3) is 5.57 Å². The molecule has 0 saturated carbocycles. The van der Waals surface area contributed by atoms with Gasteiger partial charge in [0.2, 0.25) is 5.36 Å². The number of aryl methyl sites for hydroxylation is 3. The van der Waals surface area contributed by atoms with Gasteiger partial charge >= 0.3 is 0 Å². The lowest BCUT2D eigenvalue weighted by Crippen LogP contribution is -2.50. The molecular formula is C45H45N4O4+. The maximum Gasteiger partial charge on any atom is 0.253 e. The average Bonchev–Trinajstić information content (AvgIpc) is 3.20. The highest BCUT2D eigenvalue weighted by Crippen LogP contribution is 2.48. The molecular weight excluding hydrogens is 661 g/mol. The molecule has 4 aromatic carbocycles. The number of carbonyl (C=O) groups excluding carboxylic acids is 3. The molecule has 0 aliphatic carbocycles. The molecule has 8 heteroatoms. The van der Waals surface area contributed by atoms with E-state index in [1.807, 2.05) is 48.2 Å². The van der Waals surface area contributed by atoms with Gasteiger partial charge in [-0.05, 0) is 93.0 Å². The standard InChI is InChI=1S/C45H45N4O4/c1-28-10-12-29(13-11-28)44(51)48-20-22-49(23-21-48)45(52)32-14-15-34(33(24-32)27-50)39-37-25-30-6-2-16-46-18-4-8-35(40(30)46)42(37)53-43-36-9-5-19-47-17-3-7-31(41(36)47)26-38(39)43/h10-15,24-27H,2-9,16-23H2,1H3/q+1. The lowest BCUT2D eigenvalue weighted by molar-refractivity contribution is 0.0535. The van der Waals surface area contributed by atoms with Gasteiger partial charge in [0.1, 0.15) is 24.6 Å². The second-order valence-electron chi connectivity index (χ2n) is 15.7. The molecule has 6 heterocycles. The SMILES string of the molecule is Cc1ccc(C(=O)N2CCN(C(=O)c3ccc(C4=c5cc6c7c(c5Oc5c4cc4c8c5CCCN8CCC4)CCC[N+]=7CCC6)c(C=O)c3)CC2)cc1. The van der Waals surface area contributed by atoms with Gasteiger partial charge in [0, 0.05) is 102 Å². The summed E-state index contributed by atoms with van der Waals surface area (Å²) in [6, 6.07) is 18.0. The van der Waals surface area contributed by atoms with Crippen LogP contribution in [0.4, 0.5) is 5.69 Å². The number of amides is 2. The summed E-state index contributed by atoms with van der Waals surface area (Å²) >= 11 is 0. The minimum Gasteiger partial charge on any atom is -0.455 e. The summed E-state index contributed by atoms with van der Waals surface area (Å²) in [5.41, 5.74) is 12.5. The second-order valence-corrected chi connectivity index (χ2v) is 15.7. The molecule has 0 N–H and O–H groups in total. The summed E-state index contributed by atoms with van der Waals surface area (Å²) in [4.78, 5) is 46.4. The number of anilines is 1. The van der Waals surface area contributed by atoms with Crippen molar-refractivity contribution in [1.29, 1.82) is 0 Å². The van der Waals surface area contributed by atoms with Gasteiger partial charge in [-0.3, -0.25) is 14.4 Å². The van der Waals surface area contributed by atoms with E-state index in [0.29, 0.717) is 42.9 Å². The molecule has 6 aliphatic heterocycles. The van der Waals surface area contributed by atoms with Crippen molar-refractivity contribution in [3.05, 3.63) is 121 Å². The Bertz CT molecular complexity index is 2370. The van der Waals surface area contributed by atoms with E-state index in [1.165, 1.54) is 33.3 Å². The Hall–Kier alpha value is -5.24.